The number of aryl methyl sites for hydroxylation is 2. The van der Waals surface area contributed by atoms with Crippen molar-refractivity contribution < 1.29 is 38.5 Å². The topological polar surface area (TPSA) is 161 Å². The molecule has 4 heterocycles. The molecule has 4 rings (SSSR count). The van der Waals surface area contributed by atoms with Gasteiger partial charge in [-0.1, -0.05) is 0 Å². The van der Waals surface area contributed by atoms with E-state index >= 15 is 0 Å². The lowest BCUT2D eigenvalue weighted by atomic mass is 10.0. The predicted octanol–water partition coefficient (Wildman–Crippen LogP) is -1.00. The van der Waals surface area contributed by atoms with Crippen molar-refractivity contribution in [3.8, 4) is 0 Å². The van der Waals surface area contributed by atoms with Crippen LogP contribution in [0.2, 0.25) is 0 Å². The maximum absolute atomic E-state index is 13.4. The van der Waals surface area contributed by atoms with Crippen LogP contribution >= 0.6 is 0 Å². The zero-order valence-electron chi connectivity index (χ0n) is 23.2. The number of nitrogens with one attached hydrogen (secondary N) is 2. The van der Waals surface area contributed by atoms with Gasteiger partial charge in [-0.3, -0.25) is 29.2 Å². The highest BCUT2D eigenvalue weighted by molar-refractivity contribution is 6.08. The Labute approximate surface area is 226 Å². The van der Waals surface area contributed by atoms with Crippen molar-refractivity contribution in [1.82, 2.24) is 29.6 Å². The first-order chi connectivity index (χ1) is 18.2. The lowest BCUT2D eigenvalue weighted by molar-refractivity contribution is -0.708. The van der Waals surface area contributed by atoms with Crippen LogP contribution in [-0.2, 0) is 22.7 Å². The second-order valence-corrected chi connectivity index (χ2v) is 11.2. The molecule has 2 aliphatic heterocycles. The van der Waals surface area contributed by atoms with E-state index in [-0.39, 0.29) is 32.8 Å². The zero-order chi connectivity index (χ0) is 28.9. The van der Waals surface area contributed by atoms with Crippen molar-refractivity contribution in [2.45, 2.75) is 77.9 Å². The first-order valence-corrected chi connectivity index (χ1v) is 12.9. The lowest BCUT2D eigenvalue weighted by Crippen LogP contribution is -2.55. The Kier molecular flexibility index (Phi) is 7.29. The standard InChI is InChI=1S/C25H36N8O6/c1-16-26-7-9-28(16)11-18(34)13-30-20(36)24(3,4)32(22(30)38)15-33-23(39)31(21(37)25(33,5)6)14-19(35)12-29-10-8-27-17(29)2/h7-10,18-19,34-35H,11-15H2,1-6H3/p+2. The first kappa shape index (κ1) is 28.2. The summed E-state index contributed by atoms with van der Waals surface area (Å²) in [6, 6.07) is -1.32. The number of aliphatic hydroxyl groups is 2. The number of carbonyl (C=O) groups is 4. The van der Waals surface area contributed by atoms with Gasteiger partial charge in [0.2, 0.25) is 0 Å². The Balaban J connectivity index is 1.47. The Morgan fingerprint density at radius 2 is 1.10 bits per heavy atom. The van der Waals surface area contributed by atoms with E-state index < -0.39 is 47.2 Å². The molecule has 2 atom stereocenters. The van der Waals surface area contributed by atoms with Gasteiger partial charge in [0.1, 0.15) is 67.8 Å². The van der Waals surface area contributed by atoms with E-state index in [1.165, 1.54) is 9.80 Å². The van der Waals surface area contributed by atoms with Crippen LogP contribution in [0.5, 0.6) is 0 Å². The van der Waals surface area contributed by atoms with E-state index in [4.69, 9.17) is 0 Å². The van der Waals surface area contributed by atoms with Gasteiger partial charge in [-0.05, 0) is 27.7 Å². The molecule has 2 aliphatic rings. The summed E-state index contributed by atoms with van der Waals surface area (Å²) in [6.45, 7) is 9.54. The Hall–Kier alpha value is -3.78. The van der Waals surface area contributed by atoms with Gasteiger partial charge < -0.3 is 10.2 Å². The lowest BCUT2D eigenvalue weighted by Gasteiger charge is -2.36. The molecule has 2 unspecified atom stereocenters. The van der Waals surface area contributed by atoms with Crippen molar-refractivity contribution in [1.29, 1.82) is 0 Å². The number of aliphatic hydroxyl groups excluding tert-OH is 2. The van der Waals surface area contributed by atoms with E-state index in [1.54, 1.807) is 61.6 Å². The SMILES string of the molecule is Cc1[nH]cc[n+]1CC(O)CN1C(=O)N(CN2C(=O)N(CC(O)C[n+]3cc[nH]c3C)C(=O)C2(C)C)C(C)(C)C1=O. The van der Waals surface area contributed by atoms with Gasteiger partial charge in [0.15, 0.2) is 0 Å². The van der Waals surface area contributed by atoms with Crippen molar-refractivity contribution in [2.24, 2.45) is 0 Å². The fourth-order valence-corrected chi connectivity index (χ4v) is 5.04. The first-order valence-electron chi connectivity index (χ1n) is 12.9. The number of hydrogen-bond acceptors (Lipinski definition) is 6. The molecule has 0 saturated carbocycles. The van der Waals surface area contributed by atoms with E-state index in [1.807, 2.05) is 13.8 Å². The molecule has 0 spiro atoms. The average molecular weight is 547 g/mol. The fourth-order valence-electron chi connectivity index (χ4n) is 5.04. The van der Waals surface area contributed by atoms with Gasteiger partial charge >= 0.3 is 12.1 Å². The molecule has 2 aromatic heterocycles. The minimum atomic E-state index is -1.32. The molecular formula is C25H38N8O6+2. The quantitative estimate of drug-likeness (QED) is 0.221. The van der Waals surface area contributed by atoms with Crippen molar-refractivity contribution in [2.75, 3.05) is 19.8 Å². The van der Waals surface area contributed by atoms with E-state index in [0.717, 1.165) is 21.4 Å². The van der Waals surface area contributed by atoms with Crippen molar-refractivity contribution in [3.63, 3.8) is 0 Å². The minimum absolute atomic E-state index is 0.177. The van der Waals surface area contributed by atoms with Crippen LogP contribution in [0.25, 0.3) is 0 Å². The molecule has 212 valence electrons. The number of hydrogen-bond donors (Lipinski definition) is 4. The molecule has 14 heteroatoms. The monoisotopic (exact) mass is 546 g/mol. The van der Waals surface area contributed by atoms with Gasteiger partial charge in [0.05, 0.1) is 13.1 Å². The van der Waals surface area contributed by atoms with E-state index in [2.05, 4.69) is 9.97 Å². The number of aromatic nitrogens is 4. The Morgan fingerprint density at radius 1 is 0.744 bits per heavy atom. The number of imidazole rings is 2. The average Bonchev–Trinajstić information content (AvgIpc) is 3.52. The molecule has 0 bridgehead atoms. The van der Waals surface area contributed by atoms with E-state index in [0.29, 0.717) is 0 Å². The highest BCUT2D eigenvalue weighted by Crippen LogP contribution is 2.33. The molecule has 4 N–H and O–H groups in total. The second kappa shape index (κ2) is 10.1. The number of imide groups is 2. The molecular weight excluding hydrogens is 508 g/mol. The van der Waals surface area contributed by atoms with Crippen LogP contribution in [0, 0.1) is 13.8 Å². The second-order valence-electron chi connectivity index (χ2n) is 11.2. The number of nitrogens with zero attached hydrogens (tertiary/aromatic N) is 6. The largest absolute Gasteiger partial charge is 0.387 e. The van der Waals surface area contributed by atoms with Crippen LogP contribution in [-0.4, -0.2) is 107 Å². The summed E-state index contributed by atoms with van der Waals surface area (Å²) in [5.41, 5.74) is -2.63. The molecule has 0 aliphatic carbocycles. The molecule has 2 fully saturated rings. The third kappa shape index (κ3) is 5.01. The molecule has 6 amide bonds. The number of urea groups is 2. The summed E-state index contributed by atoms with van der Waals surface area (Å²) >= 11 is 0. The zero-order valence-corrected chi connectivity index (χ0v) is 23.2. The third-order valence-electron chi connectivity index (χ3n) is 7.65. The van der Waals surface area contributed by atoms with Crippen molar-refractivity contribution >= 4 is 23.9 Å². The number of H-pyrrole nitrogens is 2. The molecule has 0 aromatic carbocycles. The summed E-state index contributed by atoms with van der Waals surface area (Å²) < 4.78 is 3.54. The summed E-state index contributed by atoms with van der Waals surface area (Å²) in [6.07, 6.45) is 4.91. The van der Waals surface area contributed by atoms with Gasteiger partial charge in [-0.15, -0.1) is 0 Å². The van der Waals surface area contributed by atoms with Gasteiger partial charge in [0, 0.05) is 13.8 Å². The number of rotatable bonds is 10. The number of amides is 6. The van der Waals surface area contributed by atoms with Gasteiger partial charge in [-0.25, -0.2) is 28.7 Å². The summed E-state index contributed by atoms with van der Waals surface area (Å²) in [5, 5.41) is 21.3. The van der Waals surface area contributed by atoms with Gasteiger partial charge in [0.25, 0.3) is 23.5 Å². The Morgan fingerprint density at radius 3 is 1.41 bits per heavy atom. The van der Waals surface area contributed by atoms with Crippen LogP contribution in [0.1, 0.15) is 39.3 Å². The summed E-state index contributed by atoms with van der Waals surface area (Å²) in [5.74, 6) is 0.602. The molecule has 14 nitrogen and oxygen atoms in total. The summed E-state index contributed by atoms with van der Waals surface area (Å²) in [7, 11) is 0. The highest BCUT2D eigenvalue weighted by atomic mass is 16.3. The third-order valence-corrected chi connectivity index (χ3v) is 7.65. The number of carbonyl (C=O) groups excluding carboxylic acids is 4. The predicted molar refractivity (Wildman–Crippen MR) is 134 cm³/mol. The Bertz CT molecular complexity index is 1190. The molecule has 0 radical (unpaired) electrons. The number of aromatic amines is 2. The highest BCUT2D eigenvalue weighted by Gasteiger charge is 2.57. The van der Waals surface area contributed by atoms with Crippen LogP contribution in [0.3, 0.4) is 0 Å². The minimum Gasteiger partial charge on any atom is -0.387 e. The van der Waals surface area contributed by atoms with Gasteiger partial charge in [-0.2, -0.15) is 0 Å². The van der Waals surface area contributed by atoms with Crippen molar-refractivity contribution in [3.05, 3.63) is 36.4 Å². The summed E-state index contributed by atoms with van der Waals surface area (Å²) in [4.78, 5) is 63.8. The maximum Gasteiger partial charge on any atom is 0.329 e. The molecule has 2 saturated heterocycles. The normalized spacial score (nSPS) is 20.5. The fraction of sp³-hybridized carbons (Fsp3) is 0.600. The number of β-amino-alcohol motifs (C(OH)–C–C–N with tert-alkyl or cyclic N) is 2. The van der Waals surface area contributed by atoms with Crippen LogP contribution in [0.4, 0.5) is 9.59 Å². The molecule has 2 aromatic rings. The maximum atomic E-state index is 13.4. The molecule has 39 heavy (non-hydrogen) atoms. The van der Waals surface area contributed by atoms with E-state index in [9.17, 15) is 29.4 Å². The van der Waals surface area contributed by atoms with Crippen LogP contribution in [0.15, 0.2) is 24.8 Å². The smallest absolute Gasteiger partial charge is 0.329 e. The van der Waals surface area contributed by atoms with Crippen LogP contribution < -0.4 is 9.13 Å².